The van der Waals surface area contributed by atoms with Gasteiger partial charge in [0.25, 0.3) is 0 Å². The Morgan fingerprint density at radius 2 is 1.37 bits per heavy atom. The van der Waals surface area contributed by atoms with E-state index in [2.05, 4.69) is 70.9 Å². The SMILES string of the molecule is CCCCCc1cc(O)cc(CCCCC)c1.C[SiH]C.C[Si](C)(C)C1=[C-]CC=C1.[Ti]. The average molecular weight is 479 g/mol. The molecule has 1 aromatic rings. The van der Waals surface area contributed by atoms with E-state index in [-0.39, 0.29) is 21.7 Å². The third-order valence-corrected chi connectivity index (χ3v) is 6.64. The first-order valence-electron chi connectivity index (χ1n) is 11.6. The van der Waals surface area contributed by atoms with Crippen molar-refractivity contribution in [2.75, 3.05) is 0 Å². The van der Waals surface area contributed by atoms with Gasteiger partial charge in [0.2, 0.25) is 0 Å². The molecule has 0 aliphatic heterocycles. The van der Waals surface area contributed by atoms with E-state index in [1.54, 1.807) is 0 Å². The second-order valence-corrected chi connectivity index (χ2v) is 15.1. The molecule has 0 amide bonds. The van der Waals surface area contributed by atoms with Crippen LogP contribution in [0.5, 0.6) is 5.75 Å². The van der Waals surface area contributed by atoms with E-state index >= 15 is 0 Å². The maximum absolute atomic E-state index is 9.71. The minimum atomic E-state index is -1.01. The van der Waals surface area contributed by atoms with Crippen molar-refractivity contribution in [3.8, 4) is 5.75 Å². The van der Waals surface area contributed by atoms with E-state index in [0.717, 1.165) is 28.8 Å². The van der Waals surface area contributed by atoms with Crippen LogP contribution in [-0.4, -0.2) is 22.7 Å². The van der Waals surface area contributed by atoms with Gasteiger partial charge < -0.3 is 5.11 Å². The van der Waals surface area contributed by atoms with Crippen molar-refractivity contribution in [3.05, 3.63) is 52.8 Å². The second kappa shape index (κ2) is 19.3. The van der Waals surface area contributed by atoms with Gasteiger partial charge in [-0.2, -0.15) is 6.08 Å². The molecule has 0 atom stereocenters. The van der Waals surface area contributed by atoms with Crippen molar-refractivity contribution in [3.63, 3.8) is 0 Å². The van der Waals surface area contributed by atoms with Gasteiger partial charge in [0.1, 0.15) is 5.75 Å². The van der Waals surface area contributed by atoms with Gasteiger partial charge in [-0.05, 0) is 48.9 Å². The molecule has 1 aliphatic rings. The van der Waals surface area contributed by atoms with Gasteiger partial charge in [0.05, 0.1) is 0 Å². The summed E-state index contributed by atoms with van der Waals surface area (Å²) < 4.78 is 0. The first-order chi connectivity index (χ1) is 13.8. The Labute approximate surface area is 206 Å². The zero-order chi connectivity index (χ0) is 22.1. The van der Waals surface area contributed by atoms with Gasteiger partial charge in [-0.25, -0.2) is 11.3 Å². The number of aromatic hydroxyl groups is 1. The largest absolute Gasteiger partial charge is 0.508 e. The molecule has 0 saturated carbocycles. The Kier molecular flexibility index (Phi) is 20.5. The number of hydrogen-bond acceptors (Lipinski definition) is 1. The molecule has 1 aromatic carbocycles. The van der Waals surface area contributed by atoms with Crippen LogP contribution in [0.25, 0.3) is 0 Å². The molecule has 169 valence electrons. The maximum atomic E-state index is 9.71. The fourth-order valence-corrected chi connectivity index (χ4v) is 4.36. The number of aryl methyl sites for hydroxylation is 2. The molecule has 1 aliphatic carbocycles. The van der Waals surface area contributed by atoms with E-state index in [0.29, 0.717) is 5.75 Å². The van der Waals surface area contributed by atoms with E-state index in [4.69, 9.17) is 0 Å². The number of allylic oxidation sites excluding steroid dienone is 4. The van der Waals surface area contributed by atoms with Crippen LogP contribution in [0.2, 0.25) is 32.7 Å². The predicted molar refractivity (Wildman–Crippen MR) is 137 cm³/mol. The molecule has 0 fully saturated rings. The van der Waals surface area contributed by atoms with Crippen molar-refractivity contribution < 1.29 is 26.8 Å². The van der Waals surface area contributed by atoms with Crippen LogP contribution in [0.1, 0.15) is 69.9 Å². The van der Waals surface area contributed by atoms with E-state index < -0.39 is 8.07 Å². The van der Waals surface area contributed by atoms with Gasteiger partial charge in [0.15, 0.2) is 0 Å². The van der Waals surface area contributed by atoms with Crippen molar-refractivity contribution in [2.24, 2.45) is 0 Å². The number of unbranched alkanes of at least 4 members (excludes halogenated alkanes) is 4. The fourth-order valence-electron chi connectivity index (χ4n) is 3.11. The van der Waals surface area contributed by atoms with Crippen LogP contribution in [-0.2, 0) is 34.6 Å². The molecule has 4 heteroatoms. The molecule has 2 rings (SSSR count). The fraction of sp³-hybridized carbons (Fsp3) is 0.615. The Balaban J connectivity index is 0. The van der Waals surface area contributed by atoms with Gasteiger partial charge >= 0.3 is 0 Å². The molecule has 0 unspecified atom stereocenters. The van der Waals surface area contributed by atoms with Crippen molar-refractivity contribution in [2.45, 2.75) is 104 Å². The Morgan fingerprint density at radius 3 is 1.67 bits per heavy atom. The number of benzene rings is 1. The summed E-state index contributed by atoms with van der Waals surface area (Å²) in [6, 6.07) is 6.10. The van der Waals surface area contributed by atoms with Crippen LogP contribution in [0.3, 0.4) is 0 Å². The minimum Gasteiger partial charge on any atom is -0.508 e. The van der Waals surface area contributed by atoms with Gasteiger partial charge in [-0.3, -0.25) is 6.08 Å². The van der Waals surface area contributed by atoms with E-state index in [1.165, 1.54) is 54.8 Å². The van der Waals surface area contributed by atoms with Crippen LogP contribution < -0.4 is 0 Å². The minimum absolute atomic E-state index is 0. The quantitative estimate of drug-likeness (QED) is 0.217. The Hall–Kier alpha value is -0.352. The molecule has 1 nitrogen and oxygen atoms in total. The van der Waals surface area contributed by atoms with Crippen molar-refractivity contribution in [1.82, 2.24) is 0 Å². The standard InChI is InChI=1S/C16H26O.C8H13Si.C2H7Si.Ti/c1-3-5-7-9-14-11-15(10-8-6-4-2)13-16(17)12-14;1-9(2,3)8-6-4-5-7-8;1-3-2;/h11-13,17H,3-10H2,1-2H3;4,6H,5H2,1-3H3;3H,1-2H3;/q;-1;;. The molecule has 1 radical (unpaired) electrons. The van der Waals surface area contributed by atoms with E-state index in [9.17, 15) is 5.11 Å². The zero-order valence-corrected chi connectivity index (χ0v) is 24.5. The van der Waals surface area contributed by atoms with Crippen molar-refractivity contribution in [1.29, 1.82) is 0 Å². The molecule has 30 heavy (non-hydrogen) atoms. The van der Waals surface area contributed by atoms with Gasteiger partial charge in [0, 0.05) is 39.3 Å². The molecule has 0 bridgehead atoms. The smallest absolute Gasteiger partial charge is 0.116 e. The first kappa shape index (κ1) is 31.8. The average Bonchev–Trinajstić information content (AvgIpc) is 3.18. The molecule has 0 saturated heterocycles. The normalized spacial score (nSPS) is 12.2. The molecule has 1 N–H and O–H groups in total. The van der Waals surface area contributed by atoms with Crippen molar-refractivity contribution >= 4 is 17.6 Å². The third kappa shape index (κ3) is 16.4. The van der Waals surface area contributed by atoms with Crippen LogP contribution >= 0.6 is 0 Å². The summed E-state index contributed by atoms with van der Waals surface area (Å²) in [5.74, 6) is 0.436. The molecular weight excluding hydrogens is 432 g/mol. The first-order valence-corrected chi connectivity index (χ1v) is 17.4. The summed E-state index contributed by atoms with van der Waals surface area (Å²) in [5.41, 5.74) is 2.59. The molecule has 0 spiro atoms. The number of phenolic OH excluding ortho intramolecular Hbond substituents is 1. The Bertz CT molecular complexity index is 575. The summed E-state index contributed by atoms with van der Waals surface area (Å²) in [7, 11) is -0.255. The predicted octanol–water partition coefficient (Wildman–Crippen LogP) is 7.93. The summed E-state index contributed by atoms with van der Waals surface area (Å²) in [6.45, 7) is 15.9. The summed E-state index contributed by atoms with van der Waals surface area (Å²) in [4.78, 5) is 0. The van der Waals surface area contributed by atoms with Crippen LogP contribution in [0, 0.1) is 6.08 Å². The van der Waals surface area contributed by atoms with Gasteiger partial charge in [-0.15, -0.1) is 6.42 Å². The summed E-state index contributed by atoms with van der Waals surface area (Å²) in [6.07, 6.45) is 18.5. The Morgan fingerprint density at radius 1 is 0.900 bits per heavy atom. The second-order valence-electron chi connectivity index (χ2n) is 8.95. The molecule has 0 aromatic heterocycles. The third-order valence-electron chi connectivity index (χ3n) is 4.68. The maximum Gasteiger partial charge on any atom is 0.116 e. The van der Waals surface area contributed by atoms with E-state index in [1.807, 2.05) is 12.1 Å². The van der Waals surface area contributed by atoms with Crippen LogP contribution in [0.4, 0.5) is 0 Å². The zero-order valence-electron chi connectivity index (χ0n) is 20.8. The summed E-state index contributed by atoms with van der Waals surface area (Å²) in [5, 5.41) is 11.2. The number of rotatable bonds is 9. The van der Waals surface area contributed by atoms with Crippen LogP contribution in [0.15, 0.2) is 35.5 Å². The summed E-state index contributed by atoms with van der Waals surface area (Å²) >= 11 is 0. The monoisotopic (exact) mass is 478 g/mol. The molecular formula is C26H46OSi2Ti-. The number of hydrogen-bond donors (Lipinski definition) is 1. The number of phenols is 1. The molecule has 0 heterocycles. The topological polar surface area (TPSA) is 20.2 Å². The van der Waals surface area contributed by atoms with Gasteiger partial charge in [-0.1, -0.05) is 78.3 Å².